The van der Waals surface area contributed by atoms with Crippen LogP contribution in [0.25, 0.3) is 0 Å². The van der Waals surface area contributed by atoms with Crippen molar-refractivity contribution in [2.75, 3.05) is 19.7 Å². The topological polar surface area (TPSA) is 44.8 Å². The monoisotopic (exact) mass is 471 g/mol. The maximum Gasteiger partial charge on any atom is 0.318 e. The van der Waals surface area contributed by atoms with Crippen LogP contribution in [0.3, 0.4) is 0 Å². The lowest BCUT2D eigenvalue weighted by molar-refractivity contribution is 0.0436. The Balaban J connectivity index is 1.40. The van der Waals surface area contributed by atoms with E-state index in [-0.39, 0.29) is 18.4 Å². The van der Waals surface area contributed by atoms with E-state index in [2.05, 4.69) is 24.1 Å². The summed E-state index contributed by atoms with van der Waals surface area (Å²) in [6.45, 7) is 6.57. The number of ether oxygens (including phenoxy) is 1. The van der Waals surface area contributed by atoms with Crippen molar-refractivity contribution in [1.82, 2.24) is 15.1 Å². The Kier molecular flexibility index (Phi) is 8.03. The van der Waals surface area contributed by atoms with E-state index in [0.717, 1.165) is 36.3 Å². The Morgan fingerprint density at radius 1 is 1.09 bits per heavy atom. The molecule has 184 valence electrons. The van der Waals surface area contributed by atoms with E-state index < -0.39 is 12.2 Å². The summed E-state index contributed by atoms with van der Waals surface area (Å²) >= 11 is 0. The quantitative estimate of drug-likeness (QED) is 0.550. The molecule has 2 aromatic rings. The van der Waals surface area contributed by atoms with Crippen LogP contribution in [-0.2, 0) is 13.1 Å². The average molecular weight is 472 g/mol. The molecule has 5 nitrogen and oxygen atoms in total. The Morgan fingerprint density at radius 2 is 1.76 bits per heavy atom. The Labute approximate surface area is 201 Å². The van der Waals surface area contributed by atoms with Gasteiger partial charge in [0, 0.05) is 32.2 Å². The SMILES string of the molecule is CC(C)COc1ccc(CNC(=O)N(Cc2ccc(F)cc2)[C@H]2CCN(C3CC3)C[C@@H]2F)cc1. The number of piperidine rings is 1. The second-order valence-corrected chi connectivity index (χ2v) is 9.86. The molecule has 1 aliphatic heterocycles. The summed E-state index contributed by atoms with van der Waals surface area (Å²) in [6, 6.07) is 13.4. The van der Waals surface area contributed by atoms with Crippen LogP contribution < -0.4 is 10.1 Å². The zero-order valence-corrected chi connectivity index (χ0v) is 20.1. The van der Waals surface area contributed by atoms with Gasteiger partial charge in [0.1, 0.15) is 17.7 Å². The van der Waals surface area contributed by atoms with Crippen LogP contribution in [0, 0.1) is 11.7 Å². The third-order valence-electron chi connectivity index (χ3n) is 6.48. The molecule has 2 amide bonds. The first kappa shape index (κ1) is 24.5. The molecule has 7 heteroatoms. The van der Waals surface area contributed by atoms with Gasteiger partial charge in [-0.05, 0) is 60.6 Å². The van der Waals surface area contributed by atoms with Crippen molar-refractivity contribution in [2.24, 2.45) is 5.92 Å². The highest BCUT2D eigenvalue weighted by Crippen LogP contribution is 2.32. The highest BCUT2D eigenvalue weighted by atomic mass is 19.1. The van der Waals surface area contributed by atoms with Gasteiger partial charge in [-0.2, -0.15) is 0 Å². The summed E-state index contributed by atoms with van der Waals surface area (Å²) < 4.78 is 34.4. The molecule has 34 heavy (non-hydrogen) atoms. The number of nitrogens with one attached hydrogen (secondary N) is 1. The zero-order chi connectivity index (χ0) is 24.1. The van der Waals surface area contributed by atoms with Crippen LogP contribution in [0.4, 0.5) is 13.6 Å². The molecule has 0 unspecified atom stereocenters. The molecule has 4 rings (SSSR count). The van der Waals surface area contributed by atoms with Gasteiger partial charge in [0.25, 0.3) is 0 Å². The number of urea groups is 1. The van der Waals surface area contributed by atoms with Crippen molar-refractivity contribution in [3.63, 3.8) is 0 Å². The Morgan fingerprint density at radius 3 is 2.38 bits per heavy atom. The first-order valence-electron chi connectivity index (χ1n) is 12.3. The lowest BCUT2D eigenvalue weighted by Crippen LogP contribution is -2.56. The normalized spacial score (nSPS) is 20.9. The third-order valence-corrected chi connectivity index (χ3v) is 6.48. The molecule has 2 atom stereocenters. The van der Waals surface area contributed by atoms with Gasteiger partial charge in [0.05, 0.1) is 12.6 Å². The Hall–Kier alpha value is -2.67. The standard InChI is InChI=1S/C27H35F2N3O2/c1-19(2)18-34-24-11-5-20(6-12-24)15-30-27(33)32(16-21-3-7-22(28)8-4-21)26-13-14-31(17-25(26)29)23-9-10-23/h3-8,11-12,19,23,25-26H,9-10,13-18H2,1-2H3,(H,30,33)/t25-,26-/m0/s1. The number of carbonyl (C=O) groups is 1. The maximum atomic E-state index is 15.3. The number of rotatable bonds is 9. The number of carbonyl (C=O) groups excluding carboxylic acids is 1. The lowest BCUT2D eigenvalue weighted by atomic mass is 10.00. The third kappa shape index (κ3) is 6.69. The number of benzene rings is 2. The molecule has 1 heterocycles. The molecule has 2 aliphatic rings. The van der Waals surface area contributed by atoms with Crippen LogP contribution in [0.15, 0.2) is 48.5 Å². The molecule has 2 aromatic carbocycles. The van der Waals surface area contributed by atoms with Crippen LogP contribution in [0.5, 0.6) is 5.75 Å². The number of alkyl halides is 1. The van der Waals surface area contributed by atoms with Crippen LogP contribution >= 0.6 is 0 Å². The van der Waals surface area contributed by atoms with Gasteiger partial charge in [-0.1, -0.05) is 38.1 Å². The molecule has 1 saturated carbocycles. The molecular weight excluding hydrogens is 436 g/mol. The summed E-state index contributed by atoms with van der Waals surface area (Å²) in [5.41, 5.74) is 1.72. The van der Waals surface area contributed by atoms with Crippen molar-refractivity contribution >= 4 is 6.03 Å². The van der Waals surface area contributed by atoms with Gasteiger partial charge < -0.3 is 15.0 Å². The smallest absolute Gasteiger partial charge is 0.318 e. The van der Waals surface area contributed by atoms with Crippen LogP contribution in [0.1, 0.15) is 44.2 Å². The zero-order valence-electron chi connectivity index (χ0n) is 20.1. The number of nitrogens with zero attached hydrogens (tertiary/aromatic N) is 2. The Bertz CT molecular complexity index is 932. The first-order valence-corrected chi connectivity index (χ1v) is 12.3. The molecule has 0 bridgehead atoms. The predicted octanol–water partition coefficient (Wildman–Crippen LogP) is 5.15. The number of hydrogen-bond donors (Lipinski definition) is 1. The van der Waals surface area contributed by atoms with Crippen molar-refractivity contribution in [2.45, 2.75) is 64.5 Å². The van der Waals surface area contributed by atoms with E-state index in [1.54, 1.807) is 17.0 Å². The van der Waals surface area contributed by atoms with Gasteiger partial charge in [-0.15, -0.1) is 0 Å². The predicted molar refractivity (Wildman–Crippen MR) is 129 cm³/mol. The fourth-order valence-corrected chi connectivity index (χ4v) is 4.41. The van der Waals surface area contributed by atoms with Crippen molar-refractivity contribution in [3.05, 3.63) is 65.5 Å². The highest BCUT2D eigenvalue weighted by Gasteiger charge is 2.40. The molecule has 2 fully saturated rings. The number of halogens is 2. The molecule has 1 N–H and O–H groups in total. The van der Waals surface area contributed by atoms with Crippen LogP contribution in [0.2, 0.25) is 0 Å². The minimum atomic E-state index is -1.11. The minimum absolute atomic E-state index is 0.239. The summed E-state index contributed by atoms with van der Waals surface area (Å²) in [4.78, 5) is 17.0. The van der Waals surface area contributed by atoms with Crippen molar-refractivity contribution in [3.8, 4) is 5.75 Å². The molecule has 1 aliphatic carbocycles. The summed E-state index contributed by atoms with van der Waals surface area (Å²) in [5, 5.41) is 2.96. The molecule has 1 saturated heterocycles. The van der Waals surface area contributed by atoms with E-state index in [0.29, 0.717) is 38.1 Å². The van der Waals surface area contributed by atoms with Crippen LogP contribution in [-0.4, -0.2) is 53.8 Å². The average Bonchev–Trinajstić information content (AvgIpc) is 3.67. The van der Waals surface area contributed by atoms with Gasteiger partial charge in [-0.25, -0.2) is 13.6 Å². The maximum absolute atomic E-state index is 15.3. The van der Waals surface area contributed by atoms with Crippen molar-refractivity contribution < 1.29 is 18.3 Å². The molecule has 0 spiro atoms. The van der Waals surface area contributed by atoms with Gasteiger partial charge in [0.15, 0.2) is 0 Å². The summed E-state index contributed by atoms with van der Waals surface area (Å²) in [5.74, 6) is 0.910. The van der Waals surface area contributed by atoms with Gasteiger partial charge in [0.2, 0.25) is 0 Å². The van der Waals surface area contributed by atoms with Crippen molar-refractivity contribution in [1.29, 1.82) is 0 Å². The van der Waals surface area contributed by atoms with E-state index in [9.17, 15) is 9.18 Å². The van der Waals surface area contributed by atoms with E-state index in [1.165, 1.54) is 12.1 Å². The number of likely N-dealkylation sites (tertiary alicyclic amines) is 1. The van der Waals surface area contributed by atoms with E-state index in [4.69, 9.17) is 4.74 Å². The highest BCUT2D eigenvalue weighted by molar-refractivity contribution is 5.74. The summed E-state index contributed by atoms with van der Waals surface area (Å²) in [7, 11) is 0. The fourth-order valence-electron chi connectivity index (χ4n) is 4.41. The van der Waals surface area contributed by atoms with E-state index >= 15 is 4.39 Å². The number of amides is 2. The molecular formula is C27H35F2N3O2. The minimum Gasteiger partial charge on any atom is -0.493 e. The second-order valence-electron chi connectivity index (χ2n) is 9.86. The fraction of sp³-hybridized carbons (Fsp3) is 0.519. The van der Waals surface area contributed by atoms with Gasteiger partial charge >= 0.3 is 6.03 Å². The molecule has 0 aromatic heterocycles. The first-order chi connectivity index (χ1) is 16.4. The molecule has 0 radical (unpaired) electrons. The van der Waals surface area contributed by atoms with E-state index in [1.807, 2.05) is 24.3 Å². The second kappa shape index (κ2) is 11.2. The largest absolute Gasteiger partial charge is 0.493 e. The lowest BCUT2D eigenvalue weighted by Gasteiger charge is -2.41. The summed E-state index contributed by atoms with van der Waals surface area (Å²) in [6.07, 6.45) is 1.75. The van der Waals surface area contributed by atoms with Gasteiger partial charge in [-0.3, -0.25) is 4.90 Å². The number of hydrogen-bond acceptors (Lipinski definition) is 3.